The van der Waals surface area contributed by atoms with Gasteiger partial charge in [0.2, 0.25) is 5.78 Å². The fourth-order valence-electron chi connectivity index (χ4n) is 3.13. The summed E-state index contributed by atoms with van der Waals surface area (Å²) in [5, 5.41) is 12.5. The summed E-state index contributed by atoms with van der Waals surface area (Å²) in [7, 11) is 0. The molecule has 0 unspecified atom stereocenters. The first kappa shape index (κ1) is 16.8. The Balaban J connectivity index is 1.66. The lowest BCUT2D eigenvalue weighted by molar-refractivity contribution is 0.105. The van der Waals surface area contributed by atoms with Crippen molar-refractivity contribution in [1.82, 2.24) is 0 Å². The van der Waals surface area contributed by atoms with E-state index >= 15 is 0 Å². The summed E-state index contributed by atoms with van der Waals surface area (Å²) in [6, 6.07) is 17.6. The van der Waals surface area contributed by atoms with Crippen LogP contribution in [0.25, 0.3) is 0 Å². The van der Waals surface area contributed by atoms with E-state index in [4.69, 9.17) is 0 Å². The molecule has 0 saturated heterocycles. The molecule has 0 aliphatic heterocycles. The molecule has 2 aromatic rings. The quantitative estimate of drug-likeness (QED) is 0.330. The fraction of sp³-hybridized carbons (Fsp3) is 0.300. The maximum Gasteiger partial charge on any atom is 0.210 e. The molecule has 3 nitrogen and oxygen atoms in total. The zero-order valence-corrected chi connectivity index (χ0v) is 14.3. The average Bonchev–Trinajstić information content (AvgIpc) is 3.14. The minimum Gasteiger partial charge on any atom is -0.411 e. The van der Waals surface area contributed by atoms with Gasteiger partial charge in [0, 0.05) is 15.4 Å². The van der Waals surface area contributed by atoms with Crippen molar-refractivity contribution in [3.05, 3.63) is 60.2 Å². The number of hydrogen-bond donors (Lipinski definition) is 1. The molecule has 124 valence electrons. The van der Waals surface area contributed by atoms with Gasteiger partial charge in [0.05, 0.1) is 0 Å². The maximum atomic E-state index is 12.5. The number of oxime groups is 1. The van der Waals surface area contributed by atoms with Crippen LogP contribution in [-0.2, 0) is 0 Å². The summed E-state index contributed by atoms with van der Waals surface area (Å²) in [6.45, 7) is 0. The first-order valence-electron chi connectivity index (χ1n) is 8.35. The number of ketones is 1. The molecule has 0 spiro atoms. The van der Waals surface area contributed by atoms with Gasteiger partial charge in [0.25, 0.3) is 0 Å². The normalized spacial score (nSPS) is 15.6. The van der Waals surface area contributed by atoms with Crippen molar-refractivity contribution < 1.29 is 10.0 Å². The molecule has 1 aliphatic carbocycles. The van der Waals surface area contributed by atoms with Gasteiger partial charge in [-0.1, -0.05) is 60.8 Å². The predicted octanol–water partition coefficient (Wildman–Crippen LogP) is 5.43. The molecule has 0 bridgehead atoms. The van der Waals surface area contributed by atoms with E-state index in [-0.39, 0.29) is 11.5 Å². The molecule has 0 amide bonds. The smallest absolute Gasteiger partial charge is 0.210 e. The Labute approximate surface area is 146 Å². The van der Waals surface area contributed by atoms with Crippen molar-refractivity contribution in [2.75, 3.05) is 0 Å². The molecule has 1 aliphatic rings. The van der Waals surface area contributed by atoms with Gasteiger partial charge in [0.1, 0.15) is 5.71 Å². The lowest BCUT2D eigenvalue weighted by atomic mass is 9.96. The van der Waals surface area contributed by atoms with E-state index in [2.05, 4.69) is 17.3 Å². The maximum absolute atomic E-state index is 12.5. The molecule has 0 aromatic heterocycles. The lowest BCUT2D eigenvalue weighted by Gasteiger charge is -2.10. The van der Waals surface area contributed by atoms with Gasteiger partial charge < -0.3 is 5.21 Å². The summed E-state index contributed by atoms with van der Waals surface area (Å²) in [6.07, 6.45) is 5.25. The van der Waals surface area contributed by atoms with E-state index in [1.54, 1.807) is 11.8 Å². The Hall–Kier alpha value is -2.07. The Morgan fingerprint density at radius 3 is 2.25 bits per heavy atom. The standard InChI is InChI=1S/C20H21NO2S/c22-20(19(21-23)14-15-6-4-5-7-15)16-10-12-18(13-11-16)24-17-8-2-1-3-9-17/h1-3,8-13,15,23H,4-7,14H2. The third-order valence-corrected chi connectivity index (χ3v) is 5.45. The summed E-state index contributed by atoms with van der Waals surface area (Å²) in [5.74, 6) is 0.313. The molecule has 0 radical (unpaired) electrons. The van der Waals surface area contributed by atoms with Crippen molar-refractivity contribution >= 4 is 23.3 Å². The molecular formula is C20H21NO2S. The SMILES string of the molecule is O=C(C(CC1CCCC1)=NO)c1ccc(Sc2ccccc2)cc1. The Morgan fingerprint density at radius 2 is 1.62 bits per heavy atom. The zero-order chi connectivity index (χ0) is 16.8. The third-order valence-electron chi connectivity index (χ3n) is 4.43. The van der Waals surface area contributed by atoms with Crippen molar-refractivity contribution in [3.8, 4) is 0 Å². The largest absolute Gasteiger partial charge is 0.411 e. The second-order valence-corrected chi connectivity index (χ2v) is 7.32. The van der Waals surface area contributed by atoms with Crippen LogP contribution in [0.5, 0.6) is 0 Å². The van der Waals surface area contributed by atoms with Crippen LogP contribution in [0.2, 0.25) is 0 Å². The molecule has 1 fully saturated rings. The van der Waals surface area contributed by atoms with Crippen LogP contribution in [0.1, 0.15) is 42.5 Å². The van der Waals surface area contributed by atoms with Crippen molar-refractivity contribution in [3.63, 3.8) is 0 Å². The highest BCUT2D eigenvalue weighted by atomic mass is 32.2. The number of benzene rings is 2. The van der Waals surface area contributed by atoms with Crippen LogP contribution >= 0.6 is 11.8 Å². The minimum atomic E-state index is -0.166. The fourth-order valence-corrected chi connectivity index (χ4v) is 3.97. The number of Topliss-reactive ketones (excluding diaryl/α,β-unsaturated/α-hetero) is 1. The second-order valence-electron chi connectivity index (χ2n) is 6.17. The molecule has 1 saturated carbocycles. The van der Waals surface area contributed by atoms with E-state index in [0.29, 0.717) is 17.9 Å². The number of carbonyl (C=O) groups is 1. The lowest BCUT2D eigenvalue weighted by Crippen LogP contribution is -2.17. The van der Waals surface area contributed by atoms with Gasteiger partial charge in [-0.05, 0) is 48.7 Å². The number of carbonyl (C=O) groups excluding carboxylic acids is 1. The van der Waals surface area contributed by atoms with Crippen LogP contribution in [0, 0.1) is 5.92 Å². The average molecular weight is 339 g/mol. The highest BCUT2D eigenvalue weighted by Crippen LogP contribution is 2.29. The van der Waals surface area contributed by atoms with E-state index < -0.39 is 0 Å². The number of hydrogen-bond acceptors (Lipinski definition) is 4. The molecule has 0 atom stereocenters. The van der Waals surface area contributed by atoms with Crippen LogP contribution in [0.4, 0.5) is 0 Å². The van der Waals surface area contributed by atoms with E-state index in [1.165, 1.54) is 12.8 Å². The van der Waals surface area contributed by atoms with Crippen LogP contribution in [0.15, 0.2) is 69.5 Å². The minimum absolute atomic E-state index is 0.166. The zero-order valence-electron chi connectivity index (χ0n) is 13.5. The summed E-state index contributed by atoms with van der Waals surface area (Å²) >= 11 is 1.66. The van der Waals surface area contributed by atoms with Gasteiger partial charge in [-0.25, -0.2) is 0 Å². The van der Waals surface area contributed by atoms with Crippen LogP contribution < -0.4 is 0 Å². The monoisotopic (exact) mass is 339 g/mol. The van der Waals surface area contributed by atoms with Crippen molar-refractivity contribution in [2.45, 2.75) is 41.9 Å². The van der Waals surface area contributed by atoms with Gasteiger partial charge in [-0.3, -0.25) is 4.79 Å². The first-order chi connectivity index (χ1) is 11.8. The summed E-state index contributed by atoms with van der Waals surface area (Å²) in [5.41, 5.74) is 0.864. The Morgan fingerprint density at radius 1 is 1.00 bits per heavy atom. The molecule has 1 N–H and O–H groups in total. The first-order valence-corrected chi connectivity index (χ1v) is 9.16. The number of nitrogens with zero attached hydrogens (tertiary/aromatic N) is 1. The predicted molar refractivity (Wildman–Crippen MR) is 97.1 cm³/mol. The van der Waals surface area contributed by atoms with Gasteiger partial charge >= 0.3 is 0 Å². The van der Waals surface area contributed by atoms with E-state index in [9.17, 15) is 10.0 Å². The second kappa shape index (κ2) is 8.15. The molecule has 4 heteroatoms. The Kier molecular flexibility index (Phi) is 5.70. The van der Waals surface area contributed by atoms with Crippen LogP contribution in [0.3, 0.4) is 0 Å². The molecule has 2 aromatic carbocycles. The molecule has 0 heterocycles. The molecule has 24 heavy (non-hydrogen) atoms. The highest BCUT2D eigenvalue weighted by molar-refractivity contribution is 7.99. The van der Waals surface area contributed by atoms with Crippen LogP contribution in [-0.4, -0.2) is 16.7 Å². The van der Waals surface area contributed by atoms with Gasteiger partial charge in [0.15, 0.2) is 0 Å². The summed E-state index contributed by atoms with van der Waals surface area (Å²) in [4.78, 5) is 14.8. The van der Waals surface area contributed by atoms with Gasteiger partial charge in [-0.15, -0.1) is 0 Å². The topological polar surface area (TPSA) is 49.7 Å². The van der Waals surface area contributed by atoms with E-state index in [0.717, 1.165) is 22.6 Å². The molecular weight excluding hydrogens is 318 g/mol. The van der Waals surface area contributed by atoms with Gasteiger partial charge in [-0.2, -0.15) is 0 Å². The highest BCUT2D eigenvalue weighted by Gasteiger charge is 2.22. The van der Waals surface area contributed by atoms with Crippen molar-refractivity contribution in [2.24, 2.45) is 11.1 Å². The summed E-state index contributed by atoms with van der Waals surface area (Å²) < 4.78 is 0. The van der Waals surface area contributed by atoms with Crippen molar-refractivity contribution in [1.29, 1.82) is 0 Å². The number of rotatable bonds is 6. The third kappa shape index (κ3) is 4.26. The Bertz CT molecular complexity index is 704. The molecule has 3 rings (SSSR count). The van der Waals surface area contributed by atoms with E-state index in [1.807, 2.05) is 42.5 Å².